The van der Waals surface area contributed by atoms with Crippen molar-refractivity contribution in [3.63, 3.8) is 0 Å². The zero-order chi connectivity index (χ0) is 11.8. The van der Waals surface area contributed by atoms with Gasteiger partial charge in [0.25, 0.3) is 0 Å². The Kier molecular flexibility index (Phi) is 3.17. The van der Waals surface area contributed by atoms with Crippen molar-refractivity contribution < 1.29 is 8.78 Å². The van der Waals surface area contributed by atoms with Gasteiger partial charge < -0.3 is 0 Å². The van der Waals surface area contributed by atoms with E-state index in [1.165, 1.54) is 12.1 Å². The predicted octanol–water partition coefficient (Wildman–Crippen LogP) is 4.39. The highest BCUT2D eigenvalue weighted by Gasteiger charge is 2.21. The summed E-state index contributed by atoms with van der Waals surface area (Å²) in [7, 11) is 0. The van der Waals surface area contributed by atoms with E-state index in [9.17, 15) is 8.78 Å². The molecular formula is C13H18F2. The van der Waals surface area contributed by atoms with Gasteiger partial charge in [-0.1, -0.05) is 34.6 Å². The van der Waals surface area contributed by atoms with Crippen molar-refractivity contribution in [2.75, 3.05) is 0 Å². The molecule has 0 saturated heterocycles. The second-order valence-electron chi connectivity index (χ2n) is 5.26. The van der Waals surface area contributed by atoms with Crippen LogP contribution in [-0.4, -0.2) is 0 Å². The standard InChI is InChI=1S/C13H18F2/c1-8(2)9-6-11(14)12(15)7-10(9)13(3,4)5/h6-8H,1-5H3. The maximum absolute atomic E-state index is 13.2. The topological polar surface area (TPSA) is 0 Å². The smallest absolute Gasteiger partial charge is 0.159 e. The number of benzene rings is 1. The lowest BCUT2D eigenvalue weighted by atomic mass is 9.80. The van der Waals surface area contributed by atoms with E-state index < -0.39 is 11.6 Å². The van der Waals surface area contributed by atoms with Gasteiger partial charge in [-0.3, -0.25) is 0 Å². The molecule has 1 aromatic carbocycles. The molecule has 0 unspecified atom stereocenters. The molecule has 1 rings (SSSR count). The van der Waals surface area contributed by atoms with Crippen molar-refractivity contribution in [3.05, 3.63) is 34.9 Å². The molecule has 0 fully saturated rings. The van der Waals surface area contributed by atoms with Crippen LogP contribution in [0.4, 0.5) is 8.78 Å². The monoisotopic (exact) mass is 212 g/mol. The molecule has 0 aliphatic carbocycles. The van der Waals surface area contributed by atoms with Gasteiger partial charge in [0.1, 0.15) is 0 Å². The molecule has 0 aromatic heterocycles. The molecule has 0 saturated carbocycles. The fourth-order valence-corrected chi connectivity index (χ4v) is 1.69. The number of hydrogen-bond acceptors (Lipinski definition) is 0. The van der Waals surface area contributed by atoms with Gasteiger partial charge in [0, 0.05) is 0 Å². The molecule has 0 bridgehead atoms. The summed E-state index contributed by atoms with van der Waals surface area (Å²) in [6.07, 6.45) is 0. The van der Waals surface area contributed by atoms with Crippen molar-refractivity contribution in [1.29, 1.82) is 0 Å². The van der Waals surface area contributed by atoms with Gasteiger partial charge in [-0.25, -0.2) is 8.78 Å². The SMILES string of the molecule is CC(C)c1cc(F)c(F)cc1C(C)(C)C. The second-order valence-corrected chi connectivity index (χ2v) is 5.26. The third-order valence-corrected chi connectivity index (χ3v) is 2.52. The van der Waals surface area contributed by atoms with Crippen molar-refractivity contribution in [2.45, 2.75) is 46.0 Å². The van der Waals surface area contributed by atoms with E-state index in [2.05, 4.69) is 0 Å². The first-order valence-corrected chi connectivity index (χ1v) is 5.23. The summed E-state index contributed by atoms with van der Waals surface area (Å²) in [5, 5.41) is 0. The molecule has 15 heavy (non-hydrogen) atoms. The Labute approximate surface area is 90.3 Å². The van der Waals surface area contributed by atoms with Crippen LogP contribution < -0.4 is 0 Å². The van der Waals surface area contributed by atoms with Crippen LogP contribution in [-0.2, 0) is 5.41 Å². The summed E-state index contributed by atoms with van der Waals surface area (Å²) in [4.78, 5) is 0. The van der Waals surface area contributed by atoms with Gasteiger partial charge in [-0.15, -0.1) is 0 Å². The van der Waals surface area contributed by atoms with Crippen LogP contribution in [0.25, 0.3) is 0 Å². The highest BCUT2D eigenvalue weighted by atomic mass is 19.2. The molecule has 0 heterocycles. The van der Waals surface area contributed by atoms with Gasteiger partial charge in [0.2, 0.25) is 0 Å². The molecule has 0 nitrogen and oxygen atoms in total. The van der Waals surface area contributed by atoms with Gasteiger partial charge in [0.15, 0.2) is 11.6 Å². The summed E-state index contributed by atoms with van der Waals surface area (Å²) in [6.45, 7) is 9.99. The maximum Gasteiger partial charge on any atom is 0.159 e. The first-order chi connectivity index (χ1) is 6.73. The lowest BCUT2D eigenvalue weighted by molar-refractivity contribution is 0.493. The van der Waals surface area contributed by atoms with Crippen molar-refractivity contribution in [2.24, 2.45) is 0 Å². The molecule has 0 radical (unpaired) electrons. The third kappa shape index (κ3) is 2.55. The third-order valence-electron chi connectivity index (χ3n) is 2.52. The molecule has 0 aliphatic heterocycles. The van der Waals surface area contributed by atoms with Crippen LogP contribution in [0.5, 0.6) is 0 Å². The van der Waals surface area contributed by atoms with Gasteiger partial charge in [0.05, 0.1) is 0 Å². The Hall–Kier alpha value is -0.920. The first-order valence-electron chi connectivity index (χ1n) is 5.23. The average molecular weight is 212 g/mol. The quantitative estimate of drug-likeness (QED) is 0.647. The van der Waals surface area contributed by atoms with E-state index in [-0.39, 0.29) is 11.3 Å². The maximum atomic E-state index is 13.2. The van der Waals surface area contributed by atoms with E-state index in [4.69, 9.17) is 0 Å². The number of halogens is 2. The van der Waals surface area contributed by atoms with Crippen LogP contribution >= 0.6 is 0 Å². The van der Waals surface area contributed by atoms with Crippen LogP contribution in [0.3, 0.4) is 0 Å². The second kappa shape index (κ2) is 3.92. The minimum Gasteiger partial charge on any atom is -0.204 e. The fourth-order valence-electron chi connectivity index (χ4n) is 1.69. The van der Waals surface area contributed by atoms with Crippen molar-refractivity contribution in [3.8, 4) is 0 Å². The van der Waals surface area contributed by atoms with Gasteiger partial charge in [-0.2, -0.15) is 0 Å². The summed E-state index contributed by atoms with van der Waals surface area (Å²) in [6, 6.07) is 2.64. The van der Waals surface area contributed by atoms with Crippen LogP contribution in [0.2, 0.25) is 0 Å². The minimum absolute atomic E-state index is 0.159. The average Bonchev–Trinajstić information content (AvgIpc) is 2.06. The van der Waals surface area contributed by atoms with Gasteiger partial charge in [-0.05, 0) is 34.6 Å². The lowest BCUT2D eigenvalue weighted by Gasteiger charge is -2.25. The fraction of sp³-hybridized carbons (Fsp3) is 0.538. The molecule has 1 aromatic rings. The van der Waals surface area contributed by atoms with E-state index >= 15 is 0 Å². The molecule has 0 aliphatic rings. The zero-order valence-electron chi connectivity index (χ0n) is 9.99. The van der Waals surface area contributed by atoms with Crippen molar-refractivity contribution >= 4 is 0 Å². The van der Waals surface area contributed by atoms with Crippen LogP contribution in [0, 0.1) is 11.6 Å². The van der Waals surface area contributed by atoms with E-state index in [1.807, 2.05) is 34.6 Å². The largest absolute Gasteiger partial charge is 0.204 e. The molecule has 0 N–H and O–H groups in total. The number of rotatable bonds is 1. The number of hydrogen-bond donors (Lipinski definition) is 0. The Morgan fingerprint density at radius 2 is 1.47 bits per heavy atom. The van der Waals surface area contributed by atoms with Crippen LogP contribution in [0.1, 0.15) is 51.7 Å². The Morgan fingerprint density at radius 1 is 1.00 bits per heavy atom. The highest BCUT2D eigenvalue weighted by Crippen LogP contribution is 2.31. The highest BCUT2D eigenvalue weighted by molar-refractivity contribution is 5.36. The lowest BCUT2D eigenvalue weighted by Crippen LogP contribution is -2.16. The molecular weight excluding hydrogens is 194 g/mol. The predicted molar refractivity (Wildman–Crippen MR) is 59.1 cm³/mol. The zero-order valence-corrected chi connectivity index (χ0v) is 9.99. The van der Waals surface area contributed by atoms with Crippen molar-refractivity contribution in [1.82, 2.24) is 0 Å². The van der Waals surface area contributed by atoms with E-state index in [0.29, 0.717) is 0 Å². The molecule has 0 spiro atoms. The Morgan fingerprint density at radius 3 is 1.87 bits per heavy atom. The minimum atomic E-state index is -0.760. The van der Waals surface area contributed by atoms with Crippen LogP contribution in [0.15, 0.2) is 12.1 Å². The summed E-state index contributed by atoms with van der Waals surface area (Å²) in [5.41, 5.74) is 1.62. The molecule has 0 amide bonds. The molecule has 2 heteroatoms. The summed E-state index contributed by atoms with van der Waals surface area (Å²) >= 11 is 0. The van der Waals surface area contributed by atoms with E-state index in [1.54, 1.807) is 0 Å². The summed E-state index contributed by atoms with van der Waals surface area (Å²) in [5.74, 6) is -1.31. The molecule has 0 atom stereocenters. The Bertz CT molecular complexity index is 360. The first kappa shape index (κ1) is 12.2. The van der Waals surface area contributed by atoms with E-state index in [0.717, 1.165) is 11.1 Å². The normalized spacial score (nSPS) is 12.3. The summed E-state index contributed by atoms with van der Waals surface area (Å²) < 4.78 is 26.3. The van der Waals surface area contributed by atoms with Gasteiger partial charge >= 0.3 is 0 Å². The molecule has 84 valence electrons. The Balaban J connectivity index is 3.42.